The zero-order valence-electron chi connectivity index (χ0n) is 13.8. The van der Waals surface area contributed by atoms with Crippen molar-refractivity contribution >= 4 is 23.2 Å². The zero-order chi connectivity index (χ0) is 18.4. The van der Waals surface area contributed by atoms with Crippen LogP contribution in [0.25, 0.3) is 0 Å². The Morgan fingerprint density at radius 3 is 2.35 bits per heavy atom. The van der Waals surface area contributed by atoms with E-state index in [0.29, 0.717) is 22.5 Å². The second kappa shape index (κ2) is 8.02. The number of anilines is 2. The molecule has 0 spiro atoms. The van der Waals surface area contributed by atoms with Gasteiger partial charge >= 0.3 is 0 Å². The SMILES string of the molecule is O=C(Cc1ccc(F)cc1)Nc1cccc(NC(=O)c2cccnc2)c1. The highest BCUT2D eigenvalue weighted by atomic mass is 19.1. The highest BCUT2D eigenvalue weighted by molar-refractivity contribution is 6.04. The van der Waals surface area contributed by atoms with E-state index in [-0.39, 0.29) is 24.1 Å². The third-order valence-electron chi connectivity index (χ3n) is 3.61. The van der Waals surface area contributed by atoms with Crippen molar-refractivity contribution in [1.82, 2.24) is 4.98 Å². The van der Waals surface area contributed by atoms with Crippen molar-refractivity contribution in [1.29, 1.82) is 0 Å². The quantitative estimate of drug-likeness (QED) is 0.738. The Bertz CT molecular complexity index is 912. The van der Waals surface area contributed by atoms with Crippen LogP contribution in [0.2, 0.25) is 0 Å². The number of carbonyl (C=O) groups excluding carboxylic acids is 2. The van der Waals surface area contributed by atoms with Crippen LogP contribution in [-0.4, -0.2) is 16.8 Å². The molecule has 0 fully saturated rings. The number of rotatable bonds is 5. The lowest BCUT2D eigenvalue weighted by Crippen LogP contribution is -2.15. The van der Waals surface area contributed by atoms with Gasteiger partial charge in [-0.05, 0) is 48.0 Å². The summed E-state index contributed by atoms with van der Waals surface area (Å²) in [5, 5.41) is 5.52. The van der Waals surface area contributed by atoms with Gasteiger partial charge in [-0.15, -0.1) is 0 Å². The van der Waals surface area contributed by atoms with E-state index >= 15 is 0 Å². The number of aromatic nitrogens is 1. The minimum Gasteiger partial charge on any atom is -0.326 e. The summed E-state index contributed by atoms with van der Waals surface area (Å²) < 4.78 is 12.9. The lowest BCUT2D eigenvalue weighted by molar-refractivity contribution is -0.115. The van der Waals surface area contributed by atoms with Gasteiger partial charge in [0.1, 0.15) is 5.82 Å². The van der Waals surface area contributed by atoms with E-state index in [9.17, 15) is 14.0 Å². The average molecular weight is 349 g/mol. The molecule has 2 amide bonds. The molecule has 3 aromatic rings. The maximum Gasteiger partial charge on any atom is 0.257 e. The molecule has 130 valence electrons. The largest absolute Gasteiger partial charge is 0.326 e. The smallest absolute Gasteiger partial charge is 0.257 e. The van der Waals surface area contributed by atoms with Crippen LogP contribution in [0.5, 0.6) is 0 Å². The Morgan fingerprint density at radius 2 is 1.65 bits per heavy atom. The third kappa shape index (κ3) is 4.73. The second-order valence-corrected chi connectivity index (χ2v) is 5.63. The summed E-state index contributed by atoms with van der Waals surface area (Å²) in [5.41, 5.74) is 2.27. The van der Waals surface area contributed by atoms with E-state index in [1.165, 1.54) is 18.3 Å². The maximum atomic E-state index is 12.9. The fraction of sp³-hybridized carbons (Fsp3) is 0.0500. The van der Waals surface area contributed by atoms with Gasteiger partial charge < -0.3 is 10.6 Å². The summed E-state index contributed by atoms with van der Waals surface area (Å²) in [6, 6.07) is 16.0. The highest BCUT2D eigenvalue weighted by Gasteiger charge is 2.08. The molecule has 0 saturated heterocycles. The molecule has 0 aliphatic heterocycles. The van der Waals surface area contributed by atoms with Gasteiger partial charge in [0.05, 0.1) is 12.0 Å². The number of hydrogen-bond acceptors (Lipinski definition) is 3. The number of nitrogens with one attached hydrogen (secondary N) is 2. The topological polar surface area (TPSA) is 71.1 Å². The van der Waals surface area contributed by atoms with Crippen molar-refractivity contribution in [2.75, 3.05) is 10.6 Å². The number of carbonyl (C=O) groups is 2. The van der Waals surface area contributed by atoms with E-state index in [2.05, 4.69) is 15.6 Å². The summed E-state index contributed by atoms with van der Waals surface area (Å²) >= 11 is 0. The number of benzene rings is 2. The Kier molecular flexibility index (Phi) is 5.34. The first-order valence-electron chi connectivity index (χ1n) is 7.96. The van der Waals surface area contributed by atoms with E-state index in [1.54, 1.807) is 54.7 Å². The highest BCUT2D eigenvalue weighted by Crippen LogP contribution is 2.16. The van der Waals surface area contributed by atoms with Crippen LogP contribution >= 0.6 is 0 Å². The van der Waals surface area contributed by atoms with Gasteiger partial charge in [0.25, 0.3) is 5.91 Å². The second-order valence-electron chi connectivity index (χ2n) is 5.63. The van der Waals surface area contributed by atoms with Crippen molar-refractivity contribution in [2.24, 2.45) is 0 Å². The predicted molar refractivity (Wildman–Crippen MR) is 97.4 cm³/mol. The number of halogens is 1. The number of hydrogen-bond donors (Lipinski definition) is 2. The van der Waals surface area contributed by atoms with Gasteiger partial charge in [-0.1, -0.05) is 18.2 Å². The summed E-state index contributed by atoms with van der Waals surface area (Å²) in [6.45, 7) is 0. The molecule has 0 unspecified atom stereocenters. The first-order chi connectivity index (χ1) is 12.6. The van der Waals surface area contributed by atoms with E-state index in [1.807, 2.05) is 0 Å². The lowest BCUT2D eigenvalue weighted by Gasteiger charge is -2.09. The molecule has 6 heteroatoms. The molecule has 0 aliphatic carbocycles. The molecule has 2 N–H and O–H groups in total. The van der Waals surface area contributed by atoms with E-state index in [0.717, 1.165) is 0 Å². The van der Waals surface area contributed by atoms with Crippen molar-refractivity contribution in [3.05, 3.63) is 90.0 Å². The van der Waals surface area contributed by atoms with Gasteiger partial charge in [-0.3, -0.25) is 14.6 Å². The molecule has 2 aromatic carbocycles. The fourth-order valence-corrected chi connectivity index (χ4v) is 2.37. The Labute approximate surface area is 149 Å². The molecule has 0 saturated carbocycles. The third-order valence-corrected chi connectivity index (χ3v) is 3.61. The molecular formula is C20H16FN3O2. The molecule has 1 heterocycles. The Hall–Kier alpha value is -3.54. The zero-order valence-corrected chi connectivity index (χ0v) is 13.8. The van der Waals surface area contributed by atoms with E-state index < -0.39 is 0 Å². The lowest BCUT2D eigenvalue weighted by atomic mass is 10.1. The molecule has 0 aliphatic rings. The van der Waals surface area contributed by atoms with E-state index in [4.69, 9.17) is 0 Å². The van der Waals surface area contributed by atoms with Gasteiger partial charge in [0, 0.05) is 23.8 Å². The molecule has 0 atom stereocenters. The van der Waals surface area contributed by atoms with Crippen molar-refractivity contribution in [3.63, 3.8) is 0 Å². The molecule has 3 rings (SSSR count). The average Bonchev–Trinajstić information content (AvgIpc) is 2.64. The van der Waals surface area contributed by atoms with Crippen molar-refractivity contribution in [3.8, 4) is 0 Å². The normalized spacial score (nSPS) is 10.2. The first-order valence-corrected chi connectivity index (χ1v) is 7.96. The predicted octanol–water partition coefficient (Wildman–Crippen LogP) is 3.65. The van der Waals surface area contributed by atoms with Crippen LogP contribution in [0, 0.1) is 5.82 Å². The Balaban J connectivity index is 1.62. The van der Waals surface area contributed by atoms with Crippen LogP contribution in [0.4, 0.5) is 15.8 Å². The molecule has 0 bridgehead atoms. The standard InChI is InChI=1S/C20H16FN3O2/c21-16-8-6-14(7-9-16)11-19(25)23-17-4-1-5-18(12-17)24-20(26)15-3-2-10-22-13-15/h1-10,12-13H,11H2,(H,23,25)(H,24,26). The summed E-state index contributed by atoms with van der Waals surface area (Å²) in [7, 11) is 0. The minimum absolute atomic E-state index is 0.131. The summed E-state index contributed by atoms with van der Waals surface area (Å²) in [6.07, 6.45) is 3.20. The molecule has 0 radical (unpaired) electrons. The number of amides is 2. The summed E-state index contributed by atoms with van der Waals surface area (Å²) in [4.78, 5) is 28.2. The number of pyridine rings is 1. The van der Waals surface area contributed by atoms with Gasteiger partial charge in [0.15, 0.2) is 0 Å². The van der Waals surface area contributed by atoms with Crippen LogP contribution < -0.4 is 10.6 Å². The molecular weight excluding hydrogens is 333 g/mol. The van der Waals surface area contributed by atoms with Gasteiger partial charge in [0.2, 0.25) is 5.91 Å². The Morgan fingerprint density at radius 1 is 0.923 bits per heavy atom. The van der Waals surface area contributed by atoms with Crippen LogP contribution in [0.3, 0.4) is 0 Å². The van der Waals surface area contributed by atoms with Crippen molar-refractivity contribution < 1.29 is 14.0 Å². The van der Waals surface area contributed by atoms with Crippen LogP contribution in [0.1, 0.15) is 15.9 Å². The molecule has 5 nitrogen and oxygen atoms in total. The minimum atomic E-state index is -0.341. The molecule has 1 aromatic heterocycles. The molecule has 26 heavy (non-hydrogen) atoms. The number of nitrogens with zero attached hydrogens (tertiary/aromatic N) is 1. The van der Waals surface area contributed by atoms with Gasteiger partial charge in [-0.25, -0.2) is 4.39 Å². The van der Waals surface area contributed by atoms with Crippen LogP contribution in [-0.2, 0) is 11.2 Å². The monoisotopic (exact) mass is 349 g/mol. The van der Waals surface area contributed by atoms with Crippen LogP contribution in [0.15, 0.2) is 73.1 Å². The van der Waals surface area contributed by atoms with Crippen molar-refractivity contribution in [2.45, 2.75) is 6.42 Å². The fourth-order valence-electron chi connectivity index (χ4n) is 2.37. The first kappa shape index (κ1) is 17.3. The maximum absolute atomic E-state index is 12.9. The van der Waals surface area contributed by atoms with Gasteiger partial charge in [-0.2, -0.15) is 0 Å². The summed E-state index contributed by atoms with van der Waals surface area (Å²) in [5.74, 6) is -0.855.